The monoisotopic (exact) mass is 358 g/mol. The Morgan fingerprint density at radius 3 is 2.35 bits per heavy atom. The fraction of sp³-hybridized carbons (Fsp3) is 0.158. The highest BCUT2D eigenvalue weighted by Crippen LogP contribution is 2.35. The lowest BCUT2D eigenvalue weighted by Crippen LogP contribution is -2.09. The number of benzene rings is 2. The molecule has 0 fully saturated rings. The summed E-state index contributed by atoms with van der Waals surface area (Å²) < 4.78 is 39.3. The van der Waals surface area contributed by atoms with Crippen LogP contribution in [0.4, 0.5) is 36.3 Å². The van der Waals surface area contributed by atoms with Crippen LogP contribution in [0.15, 0.2) is 60.8 Å². The van der Waals surface area contributed by atoms with Crippen molar-refractivity contribution in [3.8, 4) is 0 Å². The van der Waals surface area contributed by atoms with Gasteiger partial charge in [-0.1, -0.05) is 31.2 Å². The summed E-state index contributed by atoms with van der Waals surface area (Å²) in [5, 5.41) is 5.75. The Morgan fingerprint density at radius 2 is 1.65 bits per heavy atom. The van der Waals surface area contributed by atoms with E-state index in [1.807, 2.05) is 24.3 Å². The smallest absolute Gasteiger partial charge is 0.340 e. The average molecular weight is 358 g/mol. The van der Waals surface area contributed by atoms with Gasteiger partial charge in [-0.2, -0.15) is 18.2 Å². The summed E-state index contributed by atoms with van der Waals surface area (Å²) in [7, 11) is 0. The zero-order valence-corrected chi connectivity index (χ0v) is 14.0. The van der Waals surface area contributed by atoms with Gasteiger partial charge in [0.2, 0.25) is 5.95 Å². The van der Waals surface area contributed by atoms with Crippen molar-refractivity contribution in [3.63, 3.8) is 0 Å². The van der Waals surface area contributed by atoms with Crippen LogP contribution in [0.5, 0.6) is 0 Å². The van der Waals surface area contributed by atoms with Crippen molar-refractivity contribution >= 4 is 23.1 Å². The molecular weight excluding hydrogens is 341 g/mol. The van der Waals surface area contributed by atoms with Crippen molar-refractivity contribution in [2.24, 2.45) is 0 Å². The molecule has 2 N–H and O–H groups in total. The minimum Gasteiger partial charge on any atom is -0.340 e. The second-order valence-corrected chi connectivity index (χ2v) is 5.61. The van der Waals surface area contributed by atoms with Crippen LogP contribution in [0.1, 0.15) is 18.1 Å². The highest BCUT2D eigenvalue weighted by Gasteiger charge is 2.33. The lowest BCUT2D eigenvalue weighted by molar-refractivity contribution is -0.136. The quantitative estimate of drug-likeness (QED) is 0.628. The van der Waals surface area contributed by atoms with Gasteiger partial charge in [-0.15, -0.1) is 0 Å². The van der Waals surface area contributed by atoms with Gasteiger partial charge in [0.25, 0.3) is 0 Å². The molecule has 0 aliphatic heterocycles. The van der Waals surface area contributed by atoms with Crippen LogP contribution in [-0.2, 0) is 12.6 Å². The second kappa shape index (κ2) is 7.43. The average Bonchev–Trinajstić information content (AvgIpc) is 2.62. The molecule has 0 amide bonds. The highest BCUT2D eigenvalue weighted by molar-refractivity contribution is 5.62. The van der Waals surface area contributed by atoms with Gasteiger partial charge in [0.05, 0.1) is 11.3 Å². The number of halogens is 3. The molecule has 26 heavy (non-hydrogen) atoms. The predicted octanol–water partition coefficient (Wildman–Crippen LogP) is 5.55. The summed E-state index contributed by atoms with van der Waals surface area (Å²) in [5.41, 5.74) is 1.19. The number of hydrogen-bond acceptors (Lipinski definition) is 4. The summed E-state index contributed by atoms with van der Waals surface area (Å²) >= 11 is 0. The van der Waals surface area contributed by atoms with Crippen molar-refractivity contribution in [1.29, 1.82) is 0 Å². The van der Waals surface area contributed by atoms with E-state index in [0.29, 0.717) is 5.82 Å². The molecule has 0 atom stereocenters. The van der Waals surface area contributed by atoms with Crippen molar-refractivity contribution in [2.45, 2.75) is 19.5 Å². The number of alkyl halides is 3. The number of hydrogen-bond donors (Lipinski definition) is 2. The first-order valence-electron chi connectivity index (χ1n) is 8.08. The summed E-state index contributed by atoms with van der Waals surface area (Å²) in [4.78, 5) is 8.23. The number of para-hydroxylation sites is 1. The van der Waals surface area contributed by atoms with E-state index in [-0.39, 0.29) is 11.6 Å². The highest BCUT2D eigenvalue weighted by atomic mass is 19.4. The molecule has 0 aliphatic rings. The third-order valence-electron chi connectivity index (χ3n) is 3.77. The first-order chi connectivity index (χ1) is 12.5. The maximum atomic E-state index is 13.1. The van der Waals surface area contributed by atoms with E-state index in [2.05, 4.69) is 27.5 Å². The standard InChI is InChI=1S/C19H17F3N4/c1-2-13-7-9-14(10-8-13)24-17-11-12-23-18(26-17)25-16-6-4-3-5-15(16)19(20,21)22/h3-12H,2H2,1H3,(H2,23,24,25,26). The van der Waals surface area contributed by atoms with Crippen molar-refractivity contribution in [3.05, 3.63) is 71.9 Å². The van der Waals surface area contributed by atoms with E-state index in [0.717, 1.165) is 18.2 Å². The van der Waals surface area contributed by atoms with Crippen molar-refractivity contribution in [1.82, 2.24) is 9.97 Å². The van der Waals surface area contributed by atoms with Gasteiger partial charge in [-0.3, -0.25) is 0 Å². The van der Waals surface area contributed by atoms with E-state index in [1.165, 1.54) is 30.0 Å². The molecule has 1 aromatic heterocycles. The summed E-state index contributed by atoms with van der Waals surface area (Å²) in [5.74, 6) is 0.563. The minimum absolute atomic E-state index is 0.0804. The summed E-state index contributed by atoms with van der Waals surface area (Å²) in [6.45, 7) is 2.07. The van der Waals surface area contributed by atoms with E-state index < -0.39 is 11.7 Å². The Balaban J connectivity index is 1.80. The maximum absolute atomic E-state index is 13.1. The maximum Gasteiger partial charge on any atom is 0.418 e. The Morgan fingerprint density at radius 1 is 0.923 bits per heavy atom. The van der Waals surface area contributed by atoms with Crippen LogP contribution in [-0.4, -0.2) is 9.97 Å². The third kappa shape index (κ3) is 4.30. The molecule has 0 saturated heterocycles. The van der Waals surface area contributed by atoms with Gasteiger partial charge in [-0.25, -0.2) is 4.98 Å². The number of nitrogens with one attached hydrogen (secondary N) is 2. The van der Waals surface area contributed by atoms with Crippen LogP contribution in [0.2, 0.25) is 0 Å². The molecule has 0 saturated carbocycles. The predicted molar refractivity (Wildman–Crippen MR) is 95.9 cm³/mol. The molecule has 7 heteroatoms. The number of nitrogens with zero attached hydrogens (tertiary/aromatic N) is 2. The topological polar surface area (TPSA) is 49.8 Å². The van der Waals surface area contributed by atoms with E-state index in [9.17, 15) is 13.2 Å². The number of rotatable bonds is 5. The van der Waals surface area contributed by atoms with Crippen LogP contribution in [0.3, 0.4) is 0 Å². The van der Waals surface area contributed by atoms with Gasteiger partial charge < -0.3 is 10.6 Å². The van der Waals surface area contributed by atoms with Crippen LogP contribution in [0, 0.1) is 0 Å². The molecule has 134 valence electrons. The van der Waals surface area contributed by atoms with Gasteiger partial charge in [0.15, 0.2) is 0 Å². The van der Waals surface area contributed by atoms with E-state index in [1.54, 1.807) is 6.07 Å². The van der Waals surface area contributed by atoms with Crippen LogP contribution in [0.25, 0.3) is 0 Å². The Bertz CT molecular complexity index is 876. The largest absolute Gasteiger partial charge is 0.418 e. The Kier molecular flexibility index (Phi) is 5.06. The molecule has 0 bridgehead atoms. The molecule has 3 aromatic rings. The van der Waals surface area contributed by atoms with E-state index in [4.69, 9.17) is 0 Å². The molecule has 4 nitrogen and oxygen atoms in total. The van der Waals surface area contributed by atoms with Gasteiger partial charge >= 0.3 is 6.18 Å². The molecule has 1 heterocycles. The number of aromatic nitrogens is 2. The van der Waals surface area contributed by atoms with Crippen molar-refractivity contribution in [2.75, 3.05) is 10.6 Å². The fourth-order valence-corrected chi connectivity index (χ4v) is 2.42. The van der Waals surface area contributed by atoms with Gasteiger partial charge in [0.1, 0.15) is 5.82 Å². The lowest BCUT2D eigenvalue weighted by Gasteiger charge is -2.14. The van der Waals surface area contributed by atoms with Gasteiger partial charge in [0, 0.05) is 11.9 Å². The van der Waals surface area contributed by atoms with Crippen LogP contribution < -0.4 is 10.6 Å². The zero-order valence-electron chi connectivity index (χ0n) is 14.0. The summed E-state index contributed by atoms with van der Waals surface area (Å²) in [6, 6.07) is 14.7. The van der Waals surface area contributed by atoms with Crippen LogP contribution >= 0.6 is 0 Å². The normalized spacial score (nSPS) is 11.2. The molecule has 2 aromatic carbocycles. The van der Waals surface area contributed by atoms with Crippen molar-refractivity contribution < 1.29 is 13.2 Å². The number of anilines is 4. The molecule has 0 aliphatic carbocycles. The fourth-order valence-electron chi connectivity index (χ4n) is 2.42. The molecule has 0 unspecified atom stereocenters. The zero-order chi connectivity index (χ0) is 18.6. The Labute approximate surface area is 149 Å². The first kappa shape index (κ1) is 17.7. The third-order valence-corrected chi connectivity index (χ3v) is 3.77. The summed E-state index contributed by atoms with van der Waals surface area (Å²) in [6.07, 6.45) is -2.03. The van der Waals surface area contributed by atoms with Gasteiger partial charge in [-0.05, 0) is 42.3 Å². The second-order valence-electron chi connectivity index (χ2n) is 5.61. The number of aryl methyl sites for hydroxylation is 1. The molecule has 0 radical (unpaired) electrons. The molecule has 3 rings (SSSR count). The SMILES string of the molecule is CCc1ccc(Nc2ccnc(Nc3ccccc3C(F)(F)F)n2)cc1. The molecular formula is C19H17F3N4. The first-order valence-corrected chi connectivity index (χ1v) is 8.08. The lowest BCUT2D eigenvalue weighted by atomic mass is 10.1. The molecule has 0 spiro atoms. The minimum atomic E-state index is -4.46. The van der Waals surface area contributed by atoms with E-state index >= 15 is 0 Å². The Hall–Kier alpha value is -3.09.